The topological polar surface area (TPSA) is 152 Å². The summed E-state index contributed by atoms with van der Waals surface area (Å²) in [5.41, 5.74) is 3.39. The first kappa shape index (κ1) is 44.7. The van der Waals surface area contributed by atoms with Gasteiger partial charge >= 0.3 is 0 Å². The zero-order chi connectivity index (χ0) is 43.9. The lowest BCUT2D eigenvalue weighted by molar-refractivity contribution is -0.137. The Labute approximate surface area is 376 Å². The number of nitrogens with one attached hydrogen (secondary N) is 3. The maximum atomic E-state index is 13.7. The molecule has 3 N–H and O–H groups in total. The summed E-state index contributed by atoms with van der Waals surface area (Å²) in [5, 5.41) is 9.24. The quantitative estimate of drug-likeness (QED) is 0.0588. The molecule has 334 valence electrons. The lowest BCUT2D eigenvalue weighted by Gasteiger charge is -2.43. The number of unbranched alkanes of at least 4 members (excludes halogenated alkanes) is 2. The first-order chi connectivity index (χ1) is 30.6. The number of benzene rings is 3. The summed E-state index contributed by atoms with van der Waals surface area (Å²) in [7, 11) is 1.55. The maximum absolute atomic E-state index is 13.7. The van der Waals surface area contributed by atoms with Crippen molar-refractivity contribution in [1.82, 2.24) is 34.9 Å². The number of carbonyl (C=O) groups excluding carboxylic acids is 4. The molecule has 4 amide bonds. The molecule has 5 heterocycles. The minimum atomic E-state index is -0.591. The van der Waals surface area contributed by atoms with Gasteiger partial charge in [-0.1, -0.05) is 24.1 Å². The van der Waals surface area contributed by atoms with Crippen LogP contribution in [0.2, 0.25) is 5.02 Å². The lowest BCUT2D eigenvalue weighted by atomic mass is 10.0. The maximum Gasteiger partial charge on any atom is 0.255 e. The SMILES string of the molecule is COc1cc2ncnc(Nc3ccc(F)c(Cl)c3)c2cc1NC(=O)CCCN1CCC(N2CCN(CCCCCSc3cccc4c3CN(C3CCC(=O)NC3=O)C4=O)CC2)CC1. The Morgan fingerprint density at radius 2 is 1.73 bits per heavy atom. The van der Waals surface area contributed by atoms with Gasteiger partial charge in [0.25, 0.3) is 5.91 Å². The van der Waals surface area contributed by atoms with Gasteiger partial charge in [-0.2, -0.15) is 0 Å². The number of halogens is 2. The third-order valence-corrected chi connectivity index (χ3v) is 14.2. The Bertz CT molecular complexity index is 2320. The van der Waals surface area contributed by atoms with E-state index in [1.165, 1.54) is 24.9 Å². The van der Waals surface area contributed by atoms with E-state index in [9.17, 15) is 23.6 Å². The molecule has 1 atom stereocenters. The number of piperidine rings is 2. The first-order valence-electron chi connectivity index (χ1n) is 22.1. The van der Waals surface area contributed by atoms with E-state index >= 15 is 0 Å². The summed E-state index contributed by atoms with van der Waals surface area (Å²) >= 11 is 7.78. The van der Waals surface area contributed by atoms with Crippen LogP contribution in [0.1, 0.15) is 73.7 Å². The van der Waals surface area contributed by atoms with Gasteiger partial charge in [-0.25, -0.2) is 14.4 Å². The molecular formula is C46H55ClFN9O5S. The molecule has 1 unspecified atom stereocenters. The molecule has 3 saturated heterocycles. The van der Waals surface area contributed by atoms with Crippen LogP contribution in [0.5, 0.6) is 5.75 Å². The van der Waals surface area contributed by atoms with Crippen molar-refractivity contribution >= 4 is 75.1 Å². The second-order valence-electron chi connectivity index (χ2n) is 16.7. The molecule has 0 bridgehead atoms. The Morgan fingerprint density at radius 1 is 0.937 bits per heavy atom. The van der Waals surface area contributed by atoms with Crippen LogP contribution < -0.4 is 20.7 Å². The number of rotatable bonds is 17. The largest absolute Gasteiger partial charge is 0.494 e. The number of anilines is 3. The van der Waals surface area contributed by atoms with Crippen LogP contribution in [0.3, 0.4) is 0 Å². The molecule has 63 heavy (non-hydrogen) atoms. The van der Waals surface area contributed by atoms with Gasteiger partial charge in [-0.3, -0.25) is 29.4 Å². The summed E-state index contributed by atoms with van der Waals surface area (Å²) < 4.78 is 19.3. The van der Waals surface area contributed by atoms with Crippen LogP contribution >= 0.6 is 23.4 Å². The predicted octanol–water partition coefficient (Wildman–Crippen LogP) is 6.70. The summed E-state index contributed by atoms with van der Waals surface area (Å²) in [4.78, 5) is 69.6. The summed E-state index contributed by atoms with van der Waals surface area (Å²) in [6.07, 6.45) is 8.93. The number of imide groups is 1. The highest BCUT2D eigenvalue weighted by Crippen LogP contribution is 2.36. The number of fused-ring (bicyclic) bond motifs is 2. The highest BCUT2D eigenvalue weighted by molar-refractivity contribution is 7.99. The van der Waals surface area contributed by atoms with Gasteiger partial charge in [0.15, 0.2) is 0 Å². The number of thioether (sulfide) groups is 1. The fourth-order valence-electron chi connectivity index (χ4n) is 9.19. The molecular weight excluding hydrogens is 845 g/mol. The van der Waals surface area contributed by atoms with Crippen molar-refractivity contribution in [3.05, 3.63) is 76.8 Å². The number of hydrogen-bond donors (Lipinski definition) is 3. The van der Waals surface area contributed by atoms with Gasteiger partial charge in [0, 0.05) is 79.2 Å². The van der Waals surface area contributed by atoms with E-state index in [0.717, 1.165) is 101 Å². The highest BCUT2D eigenvalue weighted by Gasteiger charge is 2.40. The molecule has 3 fully saturated rings. The molecule has 14 nitrogen and oxygen atoms in total. The first-order valence-corrected chi connectivity index (χ1v) is 23.4. The van der Waals surface area contributed by atoms with Gasteiger partial charge in [0.05, 0.1) is 23.3 Å². The average molecular weight is 901 g/mol. The van der Waals surface area contributed by atoms with E-state index in [1.54, 1.807) is 42.0 Å². The van der Waals surface area contributed by atoms with Gasteiger partial charge in [-0.05, 0) is 112 Å². The molecule has 0 radical (unpaired) electrons. The van der Waals surface area contributed by atoms with Crippen LogP contribution in [0, 0.1) is 5.82 Å². The van der Waals surface area contributed by atoms with Crippen LogP contribution in [0.25, 0.3) is 10.9 Å². The summed E-state index contributed by atoms with van der Waals surface area (Å²) in [5.74, 6) is 0.595. The monoisotopic (exact) mass is 899 g/mol. The Balaban J connectivity index is 0.701. The number of likely N-dealkylation sites (tertiary alicyclic amines) is 1. The van der Waals surface area contributed by atoms with E-state index in [1.807, 2.05) is 12.1 Å². The Hall–Kier alpha value is -4.87. The van der Waals surface area contributed by atoms with Gasteiger partial charge in [0.2, 0.25) is 17.7 Å². The summed E-state index contributed by atoms with van der Waals surface area (Å²) in [6, 6.07) is 13.8. The van der Waals surface area contributed by atoms with Crippen molar-refractivity contribution in [3.63, 3.8) is 0 Å². The van der Waals surface area contributed by atoms with Gasteiger partial charge in [-0.15, -0.1) is 11.8 Å². The molecule has 3 aromatic carbocycles. The van der Waals surface area contributed by atoms with Gasteiger partial charge < -0.3 is 30.1 Å². The number of amides is 4. The van der Waals surface area contributed by atoms with E-state index in [-0.39, 0.29) is 35.1 Å². The minimum absolute atomic E-state index is 0.00192. The lowest BCUT2D eigenvalue weighted by Crippen LogP contribution is -2.53. The number of ether oxygens (including phenoxy) is 1. The molecule has 0 spiro atoms. The smallest absolute Gasteiger partial charge is 0.255 e. The van der Waals surface area contributed by atoms with Crippen molar-refractivity contribution < 1.29 is 28.3 Å². The Morgan fingerprint density at radius 3 is 2.51 bits per heavy atom. The second-order valence-corrected chi connectivity index (χ2v) is 18.3. The number of hydrogen-bond acceptors (Lipinski definition) is 12. The molecule has 1 aromatic heterocycles. The van der Waals surface area contributed by atoms with Gasteiger partial charge in [0.1, 0.15) is 29.8 Å². The molecule has 0 saturated carbocycles. The third-order valence-electron chi connectivity index (χ3n) is 12.7. The normalized spacial score (nSPS) is 19.1. The standard InChI is InChI=1S/C46H55ClFN9O5S/c1-62-40-27-37-33(44(50-29-49-37)51-30-10-11-36(48)35(47)25-30)26-38(40)52-42(58)9-6-17-54-18-14-31(15-19-54)56-22-20-55(21-23-56)16-3-2-4-24-63-41-8-5-7-32-34(41)28-57(46(32)61)39-12-13-43(59)53-45(39)60/h5,7-8,10-11,25-27,29,31,39H,2-4,6,9,12-24,28H2,1H3,(H,52,58)(H,49,50,51)(H,53,59,60). The van der Waals surface area contributed by atoms with Crippen molar-refractivity contribution in [2.75, 3.05) is 75.9 Å². The van der Waals surface area contributed by atoms with Crippen molar-refractivity contribution in [2.45, 2.75) is 81.3 Å². The number of nitrogens with zero attached hydrogens (tertiary/aromatic N) is 6. The van der Waals surface area contributed by atoms with Crippen molar-refractivity contribution in [3.8, 4) is 5.75 Å². The zero-order valence-corrected chi connectivity index (χ0v) is 37.2. The van der Waals surface area contributed by atoms with Crippen LogP contribution in [-0.2, 0) is 20.9 Å². The number of methoxy groups -OCH3 is 1. The zero-order valence-electron chi connectivity index (χ0n) is 35.7. The Kier molecular flexibility index (Phi) is 14.7. The van der Waals surface area contributed by atoms with E-state index in [4.69, 9.17) is 16.3 Å². The fraction of sp³-hybridized carbons (Fsp3) is 0.478. The van der Waals surface area contributed by atoms with E-state index in [2.05, 4.69) is 46.7 Å². The average Bonchev–Trinajstić information content (AvgIpc) is 3.62. The molecule has 4 aliphatic heterocycles. The van der Waals surface area contributed by atoms with Crippen molar-refractivity contribution in [2.24, 2.45) is 0 Å². The highest BCUT2D eigenvalue weighted by atomic mass is 35.5. The predicted molar refractivity (Wildman–Crippen MR) is 243 cm³/mol. The third kappa shape index (κ3) is 10.9. The fourth-order valence-corrected chi connectivity index (χ4v) is 10.5. The number of piperazine rings is 1. The number of aromatic nitrogens is 2. The van der Waals surface area contributed by atoms with E-state index < -0.39 is 11.9 Å². The van der Waals surface area contributed by atoms with Crippen LogP contribution in [-0.4, -0.2) is 131 Å². The van der Waals surface area contributed by atoms with Crippen LogP contribution in [0.15, 0.2) is 59.8 Å². The van der Waals surface area contributed by atoms with Crippen molar-refractivity contribution in [1.29, 1.82) is 0 Å². The minimum Gasteiger partial charge on any atom is -0.494 e. The molecule has 8 rings (SSSR count). The molecule has 4 aliphatic rings. The second kappa shape index (κ2) is 20.8. The molecule has 4 aromatic rings. The molecule has 0 aliphatic carbocycles. The number of carbonyl (C=O) groups is 4. The molecule has 17 heteroatoms. The summed E-state index contributed by atoms with van der Waals surface area (Å²) in [6.45, 7) is 8.91. The van der Waals surface area contributed by atoms with E-state index in [0.29, 0.717) is 64.8 Å². The van der Waals surface area contributed by atoms with Crippen LogP contribution in [0.4, 0.5) is 21.6 Å².